The molecule has 3 amide bonds. The third kappa shape index (κ3) is 3.76. The van der Waals surface area contributed by atoms with Crippen molar-refractivity contribution in [1.29, 1.82) is 0 Å². The van der Waals surface area contributed by atoms with Gasteiger partial charge in [0.05, 0.1) is 12.6 Å². The highest BCUT2D eigenvalue weighted by molar-refractivity contribution is 7.09. The third-order valence-electron chi connectivity index (χ3n) is 4.27. The van der Waals surface area contributed by atoms with Crippen LogP contribution in [-0.4, -0.2) is 24.5 Å². The standard InChI is InChI=1S/C18H21N3O2S/c1-12-5-6-15(8-13(12)2)21-11-14(9-17(21)22)20-18(23)19-10-16-4-3-7-24-16/h3-8,14H,9-11H2,1-2H3,(H2,19,20,23)/t14-/m0/s1. The molecule has 2 N–H and O–H groups in total. The Labute approximate surface area is 145 Å². The fourth-order valence-electron chi connectivity index (χ4n) is 2.76. The summed E-state index contributed by atoms with van der Waals surface area (Å²) in [7, 11) is 0. The van der Waals surface area contributed by atoms with Gasteiger partial charge < -0.3 is 15.5 Å². The Morgan fingerprint density at radius 3 is 2.83 bits per heavy atom. The van der Waals surface area contributed by atoms with Crippen molar-refractivity contribution < 1.29 is 9.59 Å². The summed E-state index contributed by atoms with van der Waals surface area (Å²) in [5, 5.41) is 7.70. The molecule has 1 aromatic heterocycles. The molecule has 5 nitrogen and oxygen atoms in total. The van der Waals surface area contributed by atoms with Crippen LogP contribution < -0.4 is 15.5 Å². The van der Waals surface area contributed by atoms with E-state index in [1.165, 1.54) is 5.56 Å². The van der Waals surface area contributed by atoms with Crippen LogP contribution in [0.25, 0.3) is 0 Å². The van der Waals surface area contributed by atoms with Gasteiger partial charge in [0.2, 0.25) is 5.91 Å². The molecular formula is C18H21N3O2S. The van der Waals surface area contributed by atoms with Gasteiger partial charge in [-0.15, -0.1) is 11.3 Å². The van der Waals surface area contributed by atoms with Gasteiger partial charge in [0.15, 0.2) is 0 Å². The number of thiophene rings is 1. The van der Waals surface area contributed by atoms with Crippen LogP contribution in [0.1, 0.15) is 22.4 Å². The summed E-state index contributed by atoms with van der Waals surface area (Å²) in [6.45, 7) is 5.10. The quantitative estimate of drug-likeness (QED) is 0.896. The zero-order valence-corrected chi connectivity index (χ0v) is 14.7. The number of nitrogens with one attached hydrogen (secondary N) is 2. The maximum atomic E-state index is 12.3. The van der Waals surface area contributed by atoms with E-state index in [2.05, 4.69) is 10.6 Å². The van der Waals surface area contributed by atoms with Gasteiger partial charge in [0, 0.05) is 23.5 Å². The molecule has 2 aromatic rings. The number of carbonyl (C=O) groups is 2. The number of hydrogen-bond acceptors (Lipinski definition) is 3. The van der Waals surface area contributed by atoms with Gasteiger partial charge in [-0.25, -0.2) is 4.79 Å². The second-order valence-electron chi connectivity index (χ2n) is 6.08. The molecule has 0 aliphatic carbocycles. The molecule has 6 heteroatoms. The van der Waals surface area contributed by atoms with Crippen LogP contribution in [0.15, 0.2) is 35.7 Å². The molecule has 2 heterocycles. The molecule has 1 fully saturated rings. The maximum Gasteiger partial charge on any atom is 0.315 e. The van der Waals surface area contributed by atoms with Gasteiger partial charge in [-0.3, -0.25) is 4.79 Å². The Balaban J connectivity index is 1.56. The van der Waals surface area contributed by atoms with E-state index >= 15 is 0 Å². The van der Waals surface area contributed by atoms with Gasteiger partial charge >= 0.3 is 6.03 Å². The van der Waals surface area contributed by atoms with E-state index in [-0.39, 0.29) is 18.0 Å². The number of rotatable bonds is 4. The SMILES string of the molecule is Cc1ccc(N2C[C@@H](NC(=O)NCc3cccs3)CC2=O)cc1C. The van der Waals surface area contributed by atoms with Crippen molar-refractivity contribution in [2.24, 2.45) is 0 Å². The Bertz CT molecular complexity index is 743. The highest BCUT2D eigenvalue weighted by atomic mass is 32.1. The summed E-state index contributed by atoms with van der Waals surface area (Å²) >= 11 is 1.60. The van der Waals surface area contributed by atoms with E-state index in [9.17, 15) is 9.59 Å². The first kappa shape index (κ1) is 16.5. The smallest absolute Gasteiger partial charge is 0.315 e. The summed E-state index contributed by atoms with van der Waals surface area (Å²) < 4.78 is 0. The number of amides is 3. The van der Waals surface area contributed by atoms with Crippen LogP contribution in [0.2, 0.25) is 0 Å². The van der Waals surface area contributed by atoms with E-state index in [1.54, 1.807) is 16.2 Å². The van der Waals surface area contributed by atoms with Crippen LogP contribution in [0.5, 0.6) is 0 Å². The first-order valence-electron chi connectivity index (χ1n) is 7.97. The highest BCUT2D eigenvalue weighted by Gasteiger charge is 2.31. The largest absolute Gasteiger partial charge is 0.333 e. The van der Waals surface area contributed by atoms with Crippen LogP contribution in [0, 0.1) is 13.8 Å². The third-order valence-corrected chi connectivity index (χ3v) is 5.14. The van der Waals surface area contributed by atoms with Gasteiger partial charge in [-0.05, 0) is 48.6 Å². The molecular weight excluding hydrogens is 322 g/mol. The van der Waals surface area contributed by atoms with E-state index in [4.69, 9.17) is 0 Å². The fraction of sp³-hybridized carbons (Fsp3) is 0.333. The number of hydrogen-bond donors (Lipinski definition) is 2. The number of nitrogens with zero attached hydrogens (tertiary/aromatic N) is 1. The Morgan fingerprint density at radius 1 is 1.29 bits per heavy atom. The molecule has 1 aliphatic heterocycles. The minimum absolute atomic E-state index is 0.0433. The lowest BCUT2D eigenvalue weighted by molar-refractivity contribution is -0.117. The van der Waals surface area contributed by atoms with Crippen molar-refractivity contribution in [3.05, 3.63) is 51.7 Å². The summed E-state index contributed by atoms with van der Waals surface area (Å²) in [4.78, 5) is 27.1. The maximum absolute atomic E-state index is 12.3. The average Bonchev–Trinajstić information content (AvgIpc) is 3.18. The lowest BCUT2D eigenvalue weighted by Gasteiger charge is -2.18. The van der Waals surface area contributed by atoms with Gasteiger partial charge in [-0.2, -0.15) is 0 Å². The minimum atomic E-state index is -0.233. The van der Waals surface area contributed by atoms with Crippen molar-refractivity contribution in [3.8, 4) is 0 Å². The summed E-state index contributed by atoms with van der Waals surface area (Å²) in [6.07, 6.45) is 0.333. The lowest BCUT2D eigenvalue weighted by atomic mass is 10.1. The van der Waals surface area contributed by atoms with Crippen LogP contribution in [0.3, 0.4) is 0 Å². The number of urea groups is 1. The second-order valence-corrected chi connectivity index (χ2v) is 7.11. The zero-order valence-electron chi connectivity index (χ0n) is 13.8. The molecule has 1 saturated heterocycles. The molecule has 0 unspecified atom stereocenters. The summed E-state index contributed by atoms with van der Waals surface area (Å²) in [5.41, 5.74) is 3.25. The van der Waals surface area contributed by atoms with E-state index in [0.717, 1.165) is 16.1 Å². The van der Waals surface area contributed by atoms with E-state index < -0.39 is 0 Å². The Kier molecular flexibility index (Phi) is 4.85. The molecule has 0 bridgehead atoms. The number of aryl methyl sites for hydroxylation is 2. The predicted molar refractivity (Wildman–Crippen MR) is 96.4 cm³/mol. The zero-order chi connectivity index (χ0) is 17.1. The molecule has 126 valence electrons. The average molecular weight is 343 g/mol. The summed E-state index contributed by atoms with van der Waals surface area (Å²) in [5.74, 6) is 0.0433. The topological polar surface area (TPSA) is 61.4 Å². The molecule has 1 atom stereocenters. The summed E-state index contributed by atoms with van der Waals surface area (Å²) in [6, 6.07) is 9.53. The molecule has 1 aromatic carbocycles. The predicted octanol–water partition coefficient (Wildman–Crippen LogP) is 2.97. The molecule has 3 rings (SSSR count). The van der Waals surface area contributed by atoms with Crippen molar-refractivity contribution in [2.75, 3.05) is 11.4 Å². The lowest BCUT2D eigenvalue weighted by Crippen LogP contribution is -2.43. The fourth-order valence-corrected chi connectivity index (χ4v) is 3.41. The Hall–Kier alpha value is -2.34. The van der Waals surface area contributed by atoms with Crippen molar-refractivity contribution in [2.45, 2.75) is 32.9 Å². The van der Waals surface area contributed by atoms with Crippen molar-refractivity contribution in [3.63, 3.8) is 0 Å². The van der Waals surface area contributed by atoms with Gasteiger partial charge in [-0.1, -0.05) is 12.1 Å². The molecule has 24 heavy (non-hydrogen) atoms. The first-order valence-corrected chi connectivity index (χ1v) is 8.85. The van der Waals surface area contributed by atoms with Gasteiger partial charge in [0.25, 0.3) is 0 Å². The molecule has 0 saturated carbocycles. The van der Waals surface area contributed by atoms with Crippen LogP contribution >= 0.6 is 11.3 Å². The Morgan fingerprint density at radius 2 is 2.12 bits per heavy atom. The number of carbonyl (C=O) groups excluding carboxylic acids is 2. The number of anilines is 1. The van der Waals surface area contributed by atoms with E-state index in [1.807, 2.05) is 49.6 Å². The van der Waals surface area contributed by atoms with Crippen LogP contribution in [0.4, 0.5) is 10.5 Å². The highest BCUT2D eigenvalue weighted by Crippen LogP contribution is 2.24. The van der Waals surface area contributed by atoms with Crippen LogP contribution in [-0.2, 0) is 11.3 Å². The van der Waals surface area contributed by atoms with E-state index in [0.29, 0.717) is 19.5 Å². The second kappa shape index (κ2) is 7.05. The normalized spacial score (nSPS) is 17.2. The molecule has 1 aliphatic rings. The first-order chi connectivity index (χ1) is 11.5. The van der Waals surface area contributed by atoms with Crippen molar-refractivity contribution in [1.82, 2.24) is 10.6 Å². The molecule has 0 spiro atoms. The monoisotopic (exact) mass is 343 g/mol. The molecule has 0 radical (unpaired) electrons. The van der Waals surface area contributed by atoms with Gasteiger partial charge in [0.1, 0.15) is 0 Å². The number of benzene rings is 1. The minimum Gasteiger partial charge on any atom is -0.333 e. The van der Waals surface area contributed by atoms with Crippen molar-refractivity contribution >= 4 is 29.0 Å².